The maximum absolute atomic E-state index is 11.2. The van der Waals surface area contributed by atoms with Crippen molar-refractivity contribution >= 4 is 23.4 Å². The van der Waals surface area contributed by atoms with Crippen molar-refractivity contribution in [2.24, 2.45) is 0 Å². The number of furan rings is 1. The highest BCUT2D eigenvalue weighted by molar-refractivity contribution is 6.29. The van der Waals surface area contributed by atoms with E-state index in [9.17, 15) is 9.59 Å². The van der Waals surface area contributed by atoms with Crippen molar-refractivity contribution in [2.75, 3.05) is 7.11 Å². The van der Waals surface area contributed by atoms with E-state index in [-0.39, 0.29) is 17.4 Å². The van der Waals surface area contributed by atoms with Gasteiger partial charge in [-0.3, -0.25) is 9.59 Å². The minimum absolute atomic E-state index is 0.0652. The van der Waals surface area contributed by atoms with Crippen molar-refractivity contribution in [3.05, 3.63) is 23.1 Å². The molecule has 0 saturated heterocycles. The molecule has 0 aliphatic rings. The molecule has 0 atom stereocenters. The number of ketones is 1. The molecule has 1 aromatic heterocycles. The molecule has 0 aliphatic carbocycles. The molecule has 0 aromatic carbocycles. The molecule has 5 heteroatoms. The summed E-state index contributed by atoms with van der Waals surface area (Å²) in [6, 6.07) is 2.85. The van der Waals surface area contributed by atoms with Crippen molar-refractivity contribution in [3.63, 3.8) is 0 Å². The summed E-state index contributed by atoms with van der Waals surface area (Å²) in [6.07, 6.45) is -0.333. The van der Waals surface area contributed by atoms with Gasteiger partial charge < -0.3 is 9.15 Å². The van der Waals surface area contributed by atoms with Gasteiger partial charge in [-0.05, 0) is 23.7 Å². The summed E-state index contributed by atoms with van der Waals surface area (Å²) in [5, 5.41) is 0.119. The van der Waals surface area contributed by atoms with E-state index in [1.807, 2.05) is 0 Å². The van der Waals surface area contributed by atoms with E-state index in [0.29, 0.717) is 0 Å². The van der Waals surface area contributed by atoms with E-state index in [1.54, 1.807) is 0 Å². The number of Topliss-reactive ketones (excluding diaryl/α,β-unsaturated/α-hetero) is 1. The molecule has 13 heavy (non-hydrogen) atoms. The van der Waals surface area contributed by atoms with Crippen LogP contribution in [0.4, 0.5) is 0 Å². The molecule has 1 rings (SSSR count). The van der Waals surface area contributed by atoms with Gasteiger partial charge in [0.05, 0.1) is 7.11 Å². The molecule has 1 aromatic rings. The van der Waals surface area contributed by atoms with E-state index in [1.165, 1.54) is 19.2 Å². The van der Waals surface area contributed by atoms with Crippen molar-refractivity contribution in [1.82, 2.24) is 0 Å². The van der Waals surface area contributed by atoms with Crippen LogP contribution in [-0.4, -0.2) is 18.9 Å². The van der Waals surface area contributed by atoms with Gasteiger partial charge in [0, 0.05) is 0 Å². The quantitative estimate of drug-likeness (QED) is 0.425. The molecule has 0 N–H and O–H groups in total. The molecule has 0 spiro atoms. The molecule has 0 unspecified atom stereocenters. The number of ether oxygens (including phenoxy) is 1. The third-order valence-corrected chi connectivity index (χ3v) is 1.58. The third kappa shape index (κ3) is 2.59. The topological polar surface area (TPSA) is 56.5 Å². The standard InChI is InChI=1S/C8H7ClO4/c1-12-8(11)4-5(10)6-2-3-7(9)13-6/h2-3H,4H2,1H3. The zero-order valence-corrected chi connectivity index (χ0v) is 7.63. The Morgan fingerprint density at radius 1 is 1.54 bits per heavy atom. The molecule has 0 fully saturated rings. The van der Waals surface area contributed by atoms with E-state index in [2.05, 4.69) is 4.74 Å². The van der Waals surface area contributed by atoms with Crippen LogP contribution in [0.2, 0.25) is 5.22 Å². The highest BCUT2D eigenvalue weighted by Gasteiger charge is 2.15. The number of carbonyl (C=O) groups is 2. The minimum atomic E-state index is -0.600. The Hall–Kier alpha value is -1.29. The fraction of sp³-hybridized carbons (Fsp3) is 0.250. The molecule has 1 heterocycles. The summed E-state index contributed by atoms with van der Waals surface area (Å²) in [4.78, 5) is 21.9. The van der Waals surface area contributed by atoms with Crippen LogP contribution in [0.3, 0.4) is 0 Å². The molecule has 70 valence electrons. The number of halogens is 1. The van der Waals surface area contributed by atoms with Gasteiger partial charge in [-0.1, -0.05) is 0 Å². The maximum atomic E-state index is 11.2. The van der Waals surface area contributed by atoms with Crippen LogP contribution in [0.25, 0.3) is 0 Å². The first kappa shape index (κ1) is 9.80. The first-order chi connectivity index (χ1) is 6.13. The number of rotatable bonds is 3. The highest BCUT2D eigenvalue weighted by atomic mass is 35.5. The monoisotopic (exact) mass is 202 g/mol. The lowest BCUT2D eigenvalue weighted by atomic mass is 10.2. The largest absolute Gasteiger partial charge is 0.469 e. The second-order valence-corrected chi connectivity index (χ2v) is 2.65. The number of carbonyl (C=O) groups excluding carboxylic acids is 2. The first-order valence-corrected chi connectivity index (χ1v) is 3.86. The molecule has 0 amide bonds. The van der Waals surface area contributed by atoms with Crippen LogP contribution in [0.5, 0.6) is 0 Å². The first-order valence-electron chi connectivity index (χ1n) is 3.49. The zero-order chi connectivity index (χ0) is 9.84. The number of esters is 1. The Bertz CT molecular complexity index is 329. The van der Waals surface area contributed by atoms with Crippen LogP contribution >= 0.6 is 11.6 Å². The van der Waals surface area contributed by atoms with Crippen LogP contribution < -0.4 is 0 Å². The highest BCUT2D eigenvalue weighted by Crippen LogP contribution is 2.14. The second kappa shape index (κ2) is 4.09. The Balaban J connectivity index is 2.64. The van der Waals surface area contributed by atoms with Gasteiger partial charge in [-0.15, -0.1) is 0 Å². The van der Waals surface area contributed by atoms with Gasteiger partial charge in [-0.25, -0.2) is 0 Å². The summed E-state index contributed by atoms with van der Waals surface area (Å²) >= 11 is 5.44. The van der Waals surface area contributed by atoms with Gasteiger partial charge in [-0.2, -0.15) is 0 Å². The van der Waals surface area contributed by atoms with E-state index < -0.39 is 11.8 Å². The Morgan fingerprint density at radius 2 is 2.23 bits per heavy atom. The predicted octanol–water partition coefficient (Wildman–Crippen LogP) is 1.68. The molecular formula is C8H7ClO4. The fourth-order valence-electron chi connectivity index (χ4n) is 0.755. The van der Waals surface area contributed by atoms with Crippen LogP contribution in [-0.2, 0) is 9.53 Å². The zero-order valence-electron chi connectivity index (χ0n) is 6.87. The second-order valence-electron chi connectivity index (χ2n) is 2.28. The van der Waals surface area contributed by atoms with E-state index >= 15 is 0 Å². The average Bonchev–Trinajstić information content (AvgIpc) is 2.51. The lowest BCUT2D eigenvalue weighted by Gasteiger charge is -1.95. The van der Waals surface area contributed by atoms with Crippen LogP contribution in [0.15, 0.2) is 16.5 Å². The molecule has 4 nitrogen and oxygen atoms in total. The number of hydrogen-bond acceptors (Lipinski definition) is 4. The van der Waals surface area contributed by atoms with Gasteiger partial charge in [0.2, 0.25) is 5.78 Å². The molecular weight excluding hydrogens is 196 g/mol. The number of methoxy groups -OCH3 is 1. The average molecular weight is 203 g/mol. The lowest BCUT2D eigenvalue weighted by molar-refractivity contribution is -0.139. The van der Waals surface area contributed by atoms with Crippen LogP contribution in [0, 0.1) is 0 Å². The van der Waals surface area contributed by atoms with Crippen molar-refractivity contribution < 1.29 is 18.7 Å². The Morgan fingerprint density at radius 3 is 2.69 bits per heavy atom. The summed E-state index contributed by atoms with van der Waals surface area (Å²) < 4.78 is 9.11. The van der Waals surface area contributed by atoms with Gasteiger partial charge in [0.15, 0.2) is 11.0 Å². The Kier molecular flexibility index (Phi) is 3.08. The summed E-state index contributed by atoms with van der Waals surface area (Å²) in [5.41, 5.74) is 0. The van der Waals surface area contributed by atoms with E-state index in [4.69, 9.17) is 16.0 Å². The lowest BCUT2D eigenvalue weighted by Crippen LogP contribution is -2.08. The van der Waals surface area contributed by atoms with Crippen LogP contribution in [0.1, 0.15) is 17.0 Å². The van der Waals surface area contributed by atoms with Crippen molar-refractivity contribution in [1.29, 1.82) is 0 Å². The molecule has 0 saturated carbocycles. The molecule has 0 aliphatic heterocycles. The molecule has 0 bridgehead atoms. The Labute approximate surface area is 79.4 Å². The summed E-state index contributed by atoms with van der Waals surface area (Å²) in [6.45, 7) is 0. The summed E-state index contributed by atoms with van der Waals surface area (Å²) in [5.74, 6) is -0.980. The fourth-order valence-corrected chi connectivity index (χ4v) is 0.901. The SMILES string of the molecule is COC(=O)CC(=O)c1ccc(Cl)o1. The normalized spacial score (nSPS) is 9.69. The third-order valence-electron chi connectivity index (χ3n) is 1.38. The van der Waals surface area contributed by atoms with Gasteiger partial charge >= 0.3 is 5.97 Å². The van der Waals surface area contributed by atoms with Crippen molar-refractivity contribution in [2.45, 2.75) is 6.42 Å². The van der Waals surface area contributed by atoms with Gasteiger partial charge in [0.25, 0.3) is 0 Å². The molecule has 0 radical (unpaired) electrons. The minimum Gasteiger partial charge on any atom is -0.469 e. The van der Waals surface area contributed by atoms with Gasteiger partial charge in [0.1, 0.15) is 6.42 Å². The van der Waals surface area contributed by atoms with Crippen molar-refractivity contribution in [3.8, 4) is 0 Å². The predicted molar refractivity (Wildman–Crippen MR) is 44.7 cm³/mol. The summed E-state index contributed by atoms with van der Waals surface area (Å²) in [7, 11) is 1.21. The smallest absolute Gasteiger partial charge is 0.313 e. The van der Waals surface area contributed by atoms with E-state index in [0.717, 1.165) is 0 Å². The number of hydrogen-bond donors (Lipinski definition) is 0. The maximum Gasteiger partial charge on any atom is 0.313 e.